The Morgan fingerprint density at radius 2 is 1.84 bits per heavy atom. The van der Waals surface area contributed by atoms with Crippen LogP contribution in [0.1, 0.15) is 5.56 Å². The van der Waals surface area contributed by atoms with Crippen LogP contribution in [0.3, 0.4) is 0 Å². The maximum absolute atomic E-state index is 13.9. The molecule has 2 rings (SSSR count). The molecule has 0 atom stereocenters. The first-order valence-corrected chi connectivity index (χ1v) is 5.84. The second-order valence-electron chi connectivity index (χ2n) is 4.07. The molecule has 0 saturated carbocycles. The molecule has 0 heterocycles. The molecule has 0 unspecified atom stereocenters. The normalized spacial score (nSPS) is 10.1. The Hall–Kier alpha value is -2.01. The van der Waals surface area contributed by atoms with Crippen LogP contribution in [-0.4, -0.2) is 19.8 Å². The lowest BCUT2D eigenvalue weighted by atomic mass is 10.0. The summed E-state index contributed by atoms with van der Waals surface area (Å²) in [6, 6.07) is 9.87. The Labute approximate surface area is 111 Å². The number of aryl methyl sites for hydroxylation is 1. The van der Waals surface area contributed by atoms with Gasteiger partial charge in [-0.05, 0) is 30.7 Å². The third kappa shape index (κ3) is 2.71. The number of ether oxygens (including phenoxy) is 1. The fourth-order valence-electron chi connectivity index (χ4n) is 1.95. The third-order valence-electron chi connectivity index (χ3n) is 2.88. The van der Waals surface area contributed by atoms with Crippen LogP contribution in [0.2, 0.25) is 0 Å². The average molecular weight is 260 g/mol. The summed E-state index contributed by atoms with van der Waals surface area (Å²) >= 11 is 0. The van der Waals surface area contributed by atoms with E-state index in [1.807, 2.05) is 6.92 Å². The van der Waals surface area contributed by atoms with Gasteiger partial charge in [0.2, 0.25) is 0 Å². The van der Waals surface area contributed by atoms with Crippen molar-refractivity contribution in [2.45, 2.75) is 6.92 Å². The Bertz CT molecular complexity index is 587. The van der Waals surface area contributed by atoms with Crippen LogP contribution in [0, 0.1) is 12.7 Å². The SMILES string of the molecule is COc1cc(C)c(OBO)cc1-c1ccccc1F. The summed E-state index contributed by atoms with van der Waals surface area (Å²) in [5, 5.41) is 8.86. The Morgan fingerprint density at radius 3 is 2.47 bits per heavy atom. The van der Waals surface area contributed by atoms with E-state index < -0.39 is 7.69 Å². The molecule has 0 aliphatic carbocycles. The summed E-state index contributed by atoms with van der Waals surface area (Å²) < 4.78 is 24.3. The molecule has 5 heteroatoms. The second-order valence-corrected chi connectivity index (χ2v) is 4.07. The number of hydrogen-bond acceptors (Lipinski definition) is 3. The highest BCUT2D eigenvalue weighted by Crippen LogP contribution is 2.36. The van der Waals surface area contributed by atoms with Crippen molar-refractivity contribution >= 4 is 7.69 Å². The first kappa shape index (κ1) is 13.4. The van der Waals surface area contributed by atoms with Gasteiger partial charge in [-0.1, -0.05) is 18.2 Å². The summed E-state index contributed by atoms with van der Waals surface area (Å²) in [7, 11) is 1.11. The van der Waals surface area contributed by atoms with Crippen LogP contribution in [-0.2, 0) is 0 Å². The fraction of sp³-hybridized carbons (Fsp3) is 0.143. The summed E-state index contributed by atoms with van der Waals surface area (Å²) in [6.07, 6.45) is 0. The molecule has 0 amide bonds. The van der Waals surface area contributed by atoms with E-state index in [1.165, 1.54) is 13.2 Å². The van der Waals surface area contributed by atoms with Crippen LogP contribution in [0.5, 0.6) is 11.5 Å². The number of methoxy groups -OCH3 is 1. The van der Waals surface area contributed by atoms with Crippen molar-refractivity contribution in [2.24, 2.45) is 0 Å². The van der Waals surface area contributed by atoms with Crippen LogP contribution in [0.25, 0.3) is 11.1 Å². The van der Waals surface area contributed by atoms with Crippen molar-refractivity contribution < 1.29 is 18.8 Å². The molecule has 3 nitrogen and oxygen atoms in total. The zero-order valence-electron chi connectivity index (χ0n) is 10.8. The molecule has 0 aliphatic rings. The van der Waals surface area contributed by atoms with Gasteiger partial charge in [0.1, 0.15) is 17.3 Å². The lowest BCUT2D eigenvalue weighted by molar-refractivity contribution is 0.413. The predicted molar refractivity (Wildman–Crippen MR) is 73.1 cm³/mol. The Kier molecular flexibility index (Phi) is 4.07. The van der Waals surface area contributed by atoms with E-state index in [0.29, 0.717) is 22.6 Å². The number of benzene rings is 2. The van der Waals surface area contributed by atoms with Crippen molar-refractivity contribution in [3.05, 3.63) is 47.8 Å². The molecule has 0 bridgehead atoms. The second kappa shape index (κ2) is 5.76. The lowest BCUT2D eigenvalue weighted by Gasteiger charge is -2.14. The minimum absolute atomic E-state index is 0.334. The monoisotopic (exact) mass is 260 g/mol. The molecule has 2 aromatic carbocycles. The smallest absolute Gasteiger partial charge is 0.504 e. The first-order chi connectivity index (χ1) is 9.17. The molecule has 0 aromatic heterocycles. The highest BCUT2D eigenvalue weighted by atomic mass is 19.1. The highest BCUT2D eigenvalue weighted by Gasteiger charge is 2.13. The lowest BCUT2D eigenvalue weighted by Crippen LogP contribution is -2.02. The largest absolute Gasteiger partial charge is 0.539 e. The van der Waals surface area contributed by atoms with E-state index >= 15 is 0 Å². The van der Waals surface area contributed by atoms with Crippen LogP contribution in [0.15, 0.2) is 36.4 Å². The van der Waals surface area contributed by atoms with Crippen molar-refractivity contribution in [2.75, 3.05) is 7.11 Å². The summed E-state index contributed by atoms with van der Waals surface area (Å²) in [5.74, 6) is 0.731. The molecule has 2 aromatic rings. The molecule has 98 valence electrons. The van der Waals surface area contributed by atoms with Gasteiger partial charge >= 0.3 is 7.69 Å². The minimum atomic E-state index is -0.427. The first-order valence-electron chi connectivity index (χ1n) is 5.84. The van der Waals surface area contributed by atoms with Gasteiger partial charge in [-0.3, -0.25) is 0 Å². The molecule has 0 aliphatic heterocycles. The predicted octanol–water partition coefficient (Wildman–Crippen LogP) is 2.45. The van der Waals surface area contributed by atoms with Gasteiger partial charge in [0.15, 0.2) is 0 Å². The van der Waals surface area contributed by atoms with Crippen LogP contribution in [0.4, 0.5) is 4.39 Å². The topological polar surface area (TPSA) is 38.7 Å². The summed E-state index contributed by atoms with van der Waals surface area (Å²) in [4.78, 5) is 0. The molecule has 0 radical (unpaired) electrons. The van der Waals surface area contributed by atoms with Crippen molar-refractivity contribution in [3.8, 4) is 22.6 Å². The van der Waals surface area contributed by atoms with E-state index in [9.17, 15) is 4.39 Å². The maximum atomic E-state index is 13.9. The Morgan fingerprint density at radius 1 is 1.11 bits per heavy atom. The zero-order chi connectivity index (χ0) is 13.8. The minimum Gasteiger partial charge on any atom is -0.539 e. The van der Waals surface area contributed by atoms with E-state index in [1.54, 1.807) is 30.3 Å². The molecule has 0 saturated heterocycles. The van der Waals surface area contributed by atoms with Crippen LogP contribution >= 0.6 is 0 Å². The van der Waals surface area contributed by atoms with Gasteiger partial charge in [-0.15, -0.1) is 0 Å². The van der Waals surface area contributed by atoms with E-state index in [-0.39, 0.29) is 5.82 Å². The number of hydrogen-bond donors (Lipinski definition) is 1. The molecular weight excluding hydrogens is 246 g/mol. The molecule has 1 N–H and O–H groups in total. The standard InChI is InChI=1S/C14H14BFO3/c1-9-7-14(18-2)11(8-13(9)19-15-17)10-5-3-4-6-12(10)16/h3-8,15,17H,1-2H3. The molecule has 0 fully saturated rings. The van der Waals surface area contributed by atoms with Crippen molar-refractivity contribution in [1.29, 1.82) is 0 Å². The van der Waals surface area contributed by atoms with E-state index in [4.69, 9.17) is 14.4 Å². The molecule has 0 spiro atoms. The average Bonchev–Trinajstić information content (AvgIpc) is 2.41. The fourth-order valence-corrected chi connectivity index (χ4v) is 1.95. The summed E-state index contributed by atoms with van der Waals surface area (Å²) in [6.45, 7) is 1.83. The van der Waals surface area contributed by atoms with Gasteiger partial charge in [0.25, 0.3) is 0 Å². The number of halogens is 1. The van der Waals surface area contributed by atoms with Gasteiger partial charge in [-0.2, -0.15) is 0 Å². The molecular formula is C14H14BFO3. The van der Waals surface area contributed by atoms with Gasteiger partial charge in [0, 0.05) is 11.1 Å². The highest BCUT2D eigenvalue weighted by molar-refractivity contribution is 6.17. The van der Waals surface area contributed by atoms with Crippen LogP contribution < -0.4 is 9.39 Å². The molecule has 19 heavy (non-hydrogen) atoms. The van der Waals surface area contributed by atoms with Gasteiger partial charge in [0.05, 0.1) is 7.11 Å². The zero-order valence-corrected chi connectivity index (χ0v) is 10.8. The van der Waals surface area contributed by atoms with Gasteiger partial charge < -0.3 is 14.4 Å². The van der Waals surface area contributed by atoms with E-state index in [0.717, 1.165) is 5.56 Å². The Balaban J connectivity index is 2.61. The van der Waals surface area contributed by atoms with E-state index in [2.05, 4.69) is 0 Å². The number of rotatable bonds is 4. The summed E-state index contributed by atoms with van der Waals surface area (Å²) in [5.41, 5.74) is 1.84. The maximum Gasteiger partial charge on any atom is 0.504 e. The van der Waals surface area contributed by atoms with Crippen molar-refractivity contribution in [1.82, 2.24) is 0 Å². The third-order valence-corrected chi connectivity index (χ3v) is 2.88. The van der Waals surface area contributed by atoms with Gasteiger partial charge in [-0.25, -0.2) is 4.39 Å². The van der Waals surface area contributed by atoms with Crippen molar-refractivity contribution in [3.63, 3.8) is 0 Å². The quantitative estimate of drug-likeness (QED) is 0.858.